The van der Waals surface area contributed by atoms with Crippen LogP contribution in [-0.2, 0) is 33.4 Å². The zero-order chi connectivity index (χ0) is 23.5. The van der Waals surface area contributed by atoms with E-state index in [2.05, 4.69) is 0 Å². The molecule has 0 rings (SSSR count). The number of aliphatic carboxylic acids is 1. The molecule has 0 saturated carbocycles. The molecule has 10 nitrogen and oxygen atoms in total. The maximum Gasteiger partial charge on any atom is 0.307 e. The van der Waals surface area contributed by atoms with Gasteiger partial charge in [-0.3, -0.25) is 19.2 Å². The van der Waals surface area contributed by atoms with Gasteiger partial charge in [0.15, 0.2) is 0 Å². The highest BCUT2D eigenvalue weighted by atomic mass is 16.5. The van der Waals surface area contributed by atoms with Gasteiger partial charge in [-0.05, 0) is 40.3 Å². The minimum Gasteiger partial charge on any atom is -0.481 e. The van der Waals surface area contributed by atoms with Crippen LogP contribution in [0.5, 0.6) is 0 Å². The largest absolute Gasteiger partial charge is 0.481 e. The Morgan fingerprint density at radius 3 is 1.19 bits per heavy atom. The van der Waals surface area contributed by atoms with Gasteiger partial charge in [-0.25, -0.2) is 0 Å². The molecule has 0 aliphatic heterocycles. The van der Waals surface area contributed by atoms with Crippen LogP contribution in [0.1, 0.15) is 52.9 Å². The predicted octanol–water partition coefficient (Wildman–Crippen LogP) is 1.31. The van der Waals surface area contributed by atoms with Crippen LogP contribution in [0.3, 0.4) is 0 Å². The third kappa shape index (κ3) is 17.2. The zero-order valence-corrected chi connectivity index (χ0v) is 19.1. The highest BCUT2D eigenvalue weighted by Crippen LogP contribution is 2.03. The molecule has 0 aromatic carbocycles. The maximum absolute atomic E-state index is 11.7. The maximum atomic E-state index is 11.7. The molecule has 0 heterocycles. The van der Waals surface area contributed by atoms with Crippen LogP contribution in [0.2, 0.25) is 0 Å². The molecule has 10 heteroatoms. The van der Waals surface area contributed by atoms with Gasteiger partial charge in [0, 0.05) is 26.2 Å². The molecule has 180 valence electrons. The Hall–Kier alpha value is -2.20. The van der Waals surface area contributed by atoms with Crippen molar-refractivity contribution in [1.29, 1.82) is 0 Å². The average molecular weight is 447 g/mol. The topological polar surface area (TPSA) is 123 Å². The van der Waals surface area contributed by atoms with Crippen molar-refractivity contribution in [2.45, 2.75) is 52.9 Å². The second kappa shape index (κ2) is 18.6. The van der Waals surface area contributed by atoms with Gasteiger partial charge in [0.25, 0.3) is 0 Å². The van der Waals surface area contributed by atoms with E-state index in [1.165, 1.54) is 0 Å². The molecule has 0 amide bonds. The summed E-state index contributed by atoms with van der Waals surface area (Å²) >= 11 is 0. The average Bonchev–Trinajstić information content (AvgIpc) is 2.71. The van der Waals surface area contributed by atoms with Gasteiger partial charge < -0.3 is 29.1 Å². The van der Waals surface area contributed by atoms with Crippen molar-refractivity contribution in [2.75, 3.05) is 59.1 Å². The van der Waals surface area contributed by atoms with Crippen molar-refractivity contribution in [3.8, 4) is 0 Å². The van der Waals surface area contributed by atoms with E-state index in [0.717, 1.165) is 0 Å². The van der Waals surface area contributed by atoms with Crippen LogP contribution in [0, 0.1) is 0 Å². The molecule has 0 saturated heterocycles. The lowest BCUT2D eigenvalue weighted by atomic mass is 10.2. The number of carboxylic acid groups (broad SMARTS) is 1. The van der Waals surface area contributed by atoms with Crippen LogP contribution >= 0.6 is 0 Å². The highest BCUT2D eigenvalue weighted by Gasteiger charge is 2.14. The summed E-state index contributed by atoms with van der Waals surface area (Å²) in [6.07, 6.45) is 1.32. The molecule has 31 heavy (non-hydrogen) atoms. The summed E-state index contributed by atoms with van der Waals surface area (Å²) in [6.45, 7) is 9.04. The molecule has 0 spiro atoms. The molecule has 0 bridgehead atoms. The molecular weight excluding hydrogens is 408 g/mol. The van der Waals surface area contributed by atoms with E-state index in [9.17, 15) is 19.2 Å². The summed E-state index contributed by atoms with van der Waals surface area (Å²) in [6, 6.07) is 0. The first kappa shape index (κ1) is 28.8. The standard InChI is InChI=1S/C21H38N2O8/c1-4-29-19(26)9-15-22(14-8-18(24)25)12-7-13-23(16-10-20(27)30-5-2)17-11-21(28)31-6-3/h4-17H2,1-3H3,(H,24,25). The number of carbonyl (C=O) groups excluding carboxylic acids is 3. The van der Waals surface area contributed by atoms with Gasteiger partial charge in [0.2, 0.25) is 0 Å². The molecular formula is C21H38N2O8. The molecule has 0 aliphatic carbocycles. The summed E-state index contributed by atoms with van der Waals surface area (Å²) < 4.78 is 14.9. The molecule has 0 aliphatic rings. The Morgan fingerprint density at radius 2 is 0.903 bits per heavy atom. The van der Waals surface area contributed by atoms with Crippen LogP contribution in [0.4, 0.5) is 0 Å². The van der Waals surface area contributed by atoms with Crippen molar-refractivity contribution in [1.82, 2.24) is 9.80 Å². The summed E-state index contributed by atoms with van der Waals surface area (Å²) in [4.78, 5) is 49.8. The minimum absolute atomic E-state index is 0.0156. The number of carbonyl (C=O) groups is 4. The molecule has 0 unspecified atom stereocenters. The normalized spacial score (nSPS) is 10.9. The van der Waals surface area contributed by atoms with Crippen molar-refractivity contribution >= 4 is 23.9 Å². The van der Waals surface area contributed by atoms with Crippen molar-refractivity contribution in [3.05, 3.63) is 0 Å². The van der Waals surface area contributed by atoms with Crippen LogP contribution in [0.25, 0.3) is 0 Å². The molecule has 0 atom stereocenters. The van der Waals surface area contributed by atoms with E-state index >= 15 is 0 Å². The van der Waals surface area contributed by atoms with Crippen LogP contribution in [0.15, 0.2) is 0 Å². The summed E-state index contributed by atoms with van der Waals surface area (Å²) in [5.74, 6) is -1.79. The molecule has 1 N–H and O–H groups in total. The number of carboxylic acids is 1. The molecule has 0 aromatic heterocycles. The molecule has 0 radical (unpaired) electrons. The Morgan fingerprint density at radius 1 is 0.581 bits per heavy atom. The van der Waals surface area contributed by atoms with Gasteiger partial charge in [-0.2, -0.15) is 0 Å². The number of rotatable bonds is 19. The van der Waals surface area contributed by atoms with Crippen LogP contribution < -0.4 is 0 Å². The fourth-order valence-electron chi connectivity index (χ4n) is 2.89. The fourth-order valence-corrected chi connectivity index (χ4v) is 2.89. The van der Waals surface area contributed by atoms with E-state index in [1.807, 2.05) is 9.80 Å². The Balaban J connectivity index is 4.67. The van der Waals surface area contributed by atoms with E-state index < -0.39 is 5.97 Å². The summed E-state index contributed by atoms with van der Waals surface area (Å²) in [5, 5.41) is 8.95. The van der Waals surface area contributed by atoms with Crippen molar-refractivity contribution in [3.63, 3.8) is 0 Å². The lowest BCUT2D eigenvalue weighted by molar-refractivity contribution is -0.144. The SMILES string of the molecule is CCOC(=O)CCN(CCCN(CCC(=O)OCC)CCC(=O)OCC)CCC(=O)O. The quantitative estimate of drug-likeness (QED) is 0.229. The van der Waals surface area contributed by atoms with Crippen molar-refractivity contribution < 1.29 is 38.5 Å². The van der Waals surface area contributed by atoms with Gasteiger partial charge in [-0.15, -0.1) is 0 Å². The van der Waals surface area contributed by atoms with Gasteiger partial charge >= 0.3 is 23.9 Å². The Labute approximate surface area is 184 Å². The smallest absolute Gasteiger partial charge is 0.307 e. The third-order valence-electron chi connectivity index (χ3n) is 4.40. The first-order valence-corrected chi connectivity index (χ1v) is 11.0. The van der Waals surface area contributed by atoms with E-state index in [4.69, 9.17) is 19.3 Å². The lowest BCUT2D eigenvalue weighted by Crippen LogP contribution is -2.35. The second-order valence-corrected chi connectivity index (χ2v) is 6.85. The highest BCUT2D eigenvalue weighted by molar-refractivity contribution is 5.70. The van der Waals surface area contributed by atoms with Crippen LogP contribution in [-0.4, -0.2) is 97.9 Å². The number of hydrogen-bond acceptors (Lipinski definition) is 9. The Kier molecular flexibility index (Phi) is 17.2. The Bertz CT molecular complexity index is 519. The lowest BCUT2D eigenvalue weighted by Gasteiger charge is -2.25. The summed E-state index contributed by atoms with van der Waals surface area (Å²) in [7, 11) is 0. The first-order chi connectivity index (χ1) is 14.8. The summed E-state index contributed by atoms with van der Waals surface area (Å²) in [5.41, 5.74) is 0. The third-order valence-corrected chi connectivity index (χ3v) is 4.40. The number of ether oxygens (including phenoxy) is 3. The molecule has 0 aromatic rings. The van der Waals surface area contributed by atoms with E-state index in [0.29, 0.717) is 65.5 Å². The number of nitrogens with zero attached hydrogens (tertiary/aromatic N) is 2. The van der Waals surface area contributed by atoms with Crippen molar-refractivity contribution in [2.24, 2.45) is 0 Å². The van der Waals surface area contributed by atoms with Gasteiger partial charge in [0.1, 0.15) is 0 Å². The van der Waals surface area contributed by atoms with E-state index in [-0.39, 0.29) is 43.6 Å². The fraction of sp³-hybridized carbons (Fsp3) is 0.810. The monoisotopic (exact) mass is 446 g/mol. The predicted molar refractivity (Wildman–Crippen MR) is 113 cm³/mol. The second-order valence-electron chi connectivity index (χ2n) is 6.85. The number of hydrogen-bond donors (Lipinski definition) is 1. The van der Waals surface area contributed by atoms with Gasteiger partial charge in [-0.1, -0.05) is 0 Å². The van der Waals surface area contributed by atoms with E-state index in [1.54, 1.807) is 20.8 Å². The first-order valence-electron chi connectivity index (χ1n) is 11.0. The van der Waals surface area contributed by atoms with Gasteiger partial charge in [0.05, 0.1) is 45.5 Å². The zero-order valence-electron chi connectivity index (χ0n) is 19.1. The molecule has 0 fully saturated rings. The number of esters is 3. The minimum atomic E-state index is -0.897.